The number of aromatic nitrogens is 2. The summed E-state index contributed by atoms with van der Waals surface area (Å²) < 4.78 is 11.0. The molecule has 0 N–H and O–H groups in total. The molecule has 1 aromatic heterocycles. The van der Waals surface area contributed by atoms with Crippen molar-refractivity contribution in [3.05, 3.63) is 54.4 Å². The van der Waals surface area contributed by atoms with Crippen molar-refractivity contribution >= 4 is 17.4 Å². The summed E-state index contributed by atoms with van der Waals surface area (Å²) in [5, 5.41) is 4.15. The third-order valence-electron chi connectivity index (χ3n) is 4.97. The summed E-state index contributed by atoms with van der Waals surface area (Å²) in [5.41, 5.74) is 2.13. The molecule has 28 heavy (non-hydrogen) atoms. The molecule has 0 aliphatic carbocycles. The summed E-state index contributed by atoms with van der Waals surface area (Å²) >= 11 is 1.72. The first kappa shape index (κ1) is 18.8. The van der Waals surface area contributed by atoms with Gasteiger partial charge in [-0.15, -0.1) is 11.8 Å². The van der Waals surface area contributed by atoms with Crippen LogP contribution in [-0.2, 0) is 6.54 Å². The van der Waals surface area contributed by atoms with E-state index < -0.39 is 0 Å². The molecule has 0 saturated carbocycles. The van der Waals surface area contributed by atoms with Crippen LogP contribution in [0.3, 0.4) is 0 Å². The molecule has 0 bridgehead atoms. The summed E-state index contributed by atoms with van der Waals surface area (Å²) in [6.07, 6.45) is 2.06. The number of thioether (sulfide) groups is 1. The van der Waals surface area contributed by atoms with Gasteiger partial charge in [-0.05, 0) is 42.7 Å². The van der Waals surface area contributed by atoms with Crippen LogP contribution in [0.5, 0.6) is 5.75 Å². The molecule has 0 atom stereocenters. The first-order chi connectivity index (χ1) is 13.8. The largest absolute Gasteiger partial charge is 0.495 e. The molecular formula is C21H24N4O2S. The molecule has 2 heterocycles. The monoisotopic (exact) mass is 396 g/mol. The minimum atomic E-state index is 0.648. The Bertz CT molecular complexity index is 905. The summed E-state index contributed by atoms with van der Waals surface area (Å²) in [4.78, 5) is 10.5. The number of rotatable bonds is 6. The maximum Gasteiger partial charge on any atom is 0.241 e. The van der Waals surface area contributed by atoms with Crippen LogP contribution in [-0.4, -0.2) is 54.6 Å². The summed E-state index contributed by atoms with van der Waals surface area (Å²) in [6, 6.07) is 16.4. The van der Waals surface area contributed by atoms with E-state index in [0.29, 0.717) is 18.3 Å². The molecule has 0 unspecified atom stereocenters. The minimum absolute atomic E-state index is 0.648. The van der Waals surface area contributed by atoms with E-state index in [1.807, 2.05) is 24.3 Å². The van der Waals surface area contributed by atoms with Gasteiger partial charge in [-0.25, -0.2) is 0 Å². The fraction of sp³-hybridized carbons (Fsp3) is 0.333. The second-order valence-corrected chi connectivity index (χ2v) is 7.55. The molecule has 0 radical (unpaired) electrons. The van der Waals surface area contributed by atoms with E-state index in [2.05, 4.69) is 50.5 Å². The Morgan fingerprint density at radius 2 is 1.79 bits per heavy atom. The number of nitrogens with zero attached hydrogens (tertiary/aromatic N) is 4. The standard InChI is InChI=1S/C21H24N4O2S/c1-26-19-6-4-3-5-18(19)25-13-11-24(12-14-25)15-20-22-21(23-27-20)16-7-9-17(28-2)10-8-16/h3-10H,11-15H2,1-2H3. The molecule has 1 aliphatic heterocycles. The molecule has 4 rings (SSSR count). The third kappa shape index (κ3) is 4.15. The zero-order valence-electron chi connectivity index (χ0n) is 16.2. The topological polar surface area (TPSA) is 54.6 Å². The molecule has 1 saturated heterocycles. The smallest absolute Gasteiger partial charge is 0.241 e. The first-order valence-corrected chi connectivity index (χ1v) is 10.6. The van der Waals surface area contributed by atoms with Crippen LogP contribution < -0.4 is 9.64 Å². The van der Waals surface area contributed by atoms with Crippen LogP contribution in [0.15, 0.2) is 57.9 Å². The maximum absolute atomic E-state index is 5.49. The molecular weight excluding hydrogens is 372 g/mol. The highest BCUT2D eigenvalue weighted by atomic mass is 32.2. The van der Waals surface area contributed by atoms with Gasteiger partial charge in [0.1, 0.15) is 5.75 Å². The van der Waals surface area contributed by atoms with Crippen molar-refractivity contribution in [3.8, 4) is 17.1 Å². The zero-order valence-corrected chi connectivity index (χ0v) is 17.0. The lowest BCUT2D eigenvalue weighted by Gasteiger charge is -2.35. The highest BCUT2D eigenvalue weighted by molar-refractivity contribution is 7.98. The molecule has 1 fully saturated rings. The Morgan fingerprint density at radius 3 is 2.50 bits per heavy atom. The predicted octanol–water partition coefficient (Wildman–Crippen LogP) is 3.79. The van der Waals surface area contributed by atoms with E-state index in [-0.39, 0.29) is 0 Å². The number of hydrogen-bond acceptors (Lipinski definition) is 7. The lowest BCUT2D eigenvalue weighted by atomic mass is 10.2. The number of hydrogen-bond donors (Lipinski definition) is 0. The van der Waals surface area contributed by atoms with Crippen molar-refractivity contribution in [1.29, 1.82) is 0 Å². The Kier molecular flexibility index (Phi) is 5.83. The number of anilines is 1. The Hall–Kier alpha value is -2.51. The van der Waals surface area contributed by atoms with Gasteiger partial charge in [0.15, 0.2) is 0 Å². The van der Waals surface area contributed by atoms with Crippen molar-refractivity contribution in [3.63, 3.8) is 0 Å². The average molecular weight is 397 g/mol. The van der Waals surface area contributed by atoms with Crippen LogP contribution in [0, 0.1) is 0 Å². The zero-order chi connectivity index (χ0) is 19.3. The van der Waals surface area contributed by atoms with Crippen LogP contribution in [0.4, 0.5) is 5.69 Å². The number of methoxy groups -OCH3 is 1. The van der Waals surface area contributed by atoms with Crippen molar-refractivity contribution in [1.82, 2.24) is 15.0 Å². The van der Waals surface area contributed by atoms with Crippen molar-refractivity contribution in [2.75, 3.05) is 44.4 Å². The summed E-state index contributed by atoms with van der Waals surface area (Å²) in [6.45, 7) is 4.45. The van der Waals surface area contributed by atoms with Gasteiger partial charge in [-0.3, -0.25) is 4.90 Å². The van der Waals surface area contributed by atoms with Crippen LogP contribution in [0.2, 0.25) is 0 Å². The van der Waals surface area contributed by atoms with Crippen LogP contribution >= 0.6 is 11.8 Å². The number of benzene rings is 2. The molecule has 6 nitrogen and oxygen atoms in total. The van der Waals surface area contributed by atoms with E-state index in [0.717, 1.165) is 43.2 Å². The van der Waals surface area contributed by atoms with Crippen molar-refractivity contribution in [2.45, 2.75) is 11.4 Å². The average Bonchev–Trinajstić information content (AvgIpc) is 3.23. The van der Waals surface area contributed by atoms with Crippen molar-refractivity contribution < 1.29 is 9.26 Å². The number of para-hydroxylation sites is 2. The number of ether oxygens (including phenoxy) is 1. The molecule has 2 aromatic carbocycles. The lowest BCUT2D eigenvalue weighted by molar-refractivity contribution is 0.215. The highest BCUT2D eigenvalue weighted by Gasteiger charge is 2.21. The van der Waals surface area contributed by atoms with Crippen molar-refractivity contribution in [2.24, 2.45) is 0 Å². The van der Waals surface area contributed by atoms with E-state index in [1.54, 1.807) is 18.9 Å². The molecule has 0 amide bonds. The predicted molar refractivity (Wildman–Crippen MR) is 112 cm³/mol. The van der Waals surface area contributed by atoms with Gasteiger partial charge in [-0.1, -0.05) is 17.3 Å². The Morgan fingerprint density at radius 1 is 1.04 bits per heavy atom. The van der Waals surface area contributed by atoms with Crippen LogP contribution in [0.1, 0.15) is 5.89 Å². The molecule has 3 aromatic rings. The minimum Gasteiger partial charge on any atom is -0.495 e. The van der Waals surface area contributed by atoms with Gasteiger partial charge in [0, 0.05) is 36.6 Å². The molecule has 146 valence electrons. The Labute approximate surface area is 169 Å². The SMILES string of the molecule is COc1ccccc1N1CCN(Cc2nc(-c3ccc(SC)cc3)no2)CC1. The Balaban J connectivity index is 1.35. The first-order valence-electron chi connectivity index (χ1n) is 9.34. The van der Waals surface area contributed by atoms with E-state index >= 15 is 0 Å². The fourth-order valence-corrected chi connectivity index (χ4v) is 3.81. The van der Waals surface area contributed by atoms with E-state index in [1.165, 1.54) is 4.90 Å². The van der Waals surface area contributed by atoms with Gasteiger partial charge >= 0.3 is 0 Å². The quantitative estimate of drug-likeness (QED) is 0.588. The lowest BCUT2D eigenvalue weighted by Crippen LogP contribution is -2.46. The molecule has 0 spiro atoms. The van der Waals surface area contributed by atoms with Gasteiger partial charge in [0.25, 0.3) is 0 Å². The third-order valence-corrected chi connectivity index (χ3v) is 5.72. The summed E-state index contributed by atoms with van der Waals surface area (Å²) in [7, 11) is 1.72. The second-order valence-electron chi connectivity index (χ2n) is 6.68. The second kappa shape index (κ2) is 8.67. The van der Waals surface area contributed by atoms with E-state index in [4.69, 9.17) is 9.26 Å². The maximum atomic E-state index is 5.49. The molecule has 1 aliphatic rings. The van der Waals surface area contributed by atoms with Gasteiger partial charge in [-0.2, -0.15) is 4.98 Å². The highest BCUT2D eigenvalue weighted by Crippen LogP contribution is 2.28. The van der Waals surface area contributed by atoms with Gasteiger partial charge in [0.2, 0.25) is 11.7 Å². The molecule has 7 heteroatoms. The summed E-state index contributed by atoms with van der Waals surface area (Å²) in [5.74, 6) is 2.23. The normalized spacial score (nSPS) is 15.0. The van der Waals surface area contributed by atoms with Gasteiger partial charge in [0.05, 0.1) is 19.3 Å². The fourth-order valence-electron chi connectivity index (χ4n) is 3.41. The van der Waals surface area contributed by atoms with Gasteiger partial charge < -0.3 is 14.2 Å². The van der Waals surface area contributed by atoms with Crippen LogP contribution in [0.25, 0.3) is 11.4 Å². The van der Waals surface area contributed by atoms with E-state index in [9.17, 15) is 0 Å². The number of piperazine rings is 1.